The van der Waals surface area contributed by atoms with Gasteiger partial charge >= 0.3 is 0 Å². The molecule has 0 radical (unpaired) electrons. The summed E-state index contributed by atoms with van der Waals surface area (Å²) < 4.78 is 11.2. The number of likely N-dealkylation sites (tertiary alicyclic amines) is 1. The van der Waals surface area contributed by atoms with Gasteiger partial charge in [0.05, 0.1) is 12.5 Å². The molecule has 0 spiro atoms. The fourth-order valence-corrected chi connectivity index (χ4v) is 4.05. The first-order chi connectivity index (χ1) is 9.49. The zero-order valence-electron chi connectivity index (χ0n) is 12.3. The molecule has 114 valence electrons. The lowest BCUT2D eigenvalue weighted by Gasteiger charge is -2.30. The number of amides is 2. The summed E-state index contributed by atoms with van der Waals surface area (Å²) in [4.78, 5) is 26.0. The van der Waals surface area contributed by atoms with E-state index in [1.54, 1.807) is 6.26 Å². The van der Waals surface area contributed by atoms with Gasteiger partial charge < -0.3 is 5.32 Å². The van der Waals surface area contributed by atoms with Gasteiger partial charge in [-0.3, -0.25) is 18.7 Å². The standard InChI is InChI=1S/C14H24N2O3S/c1-10(9-20(2)19)15-12-8-13(17)16(14(12)18)11-6-4-3-5-7-11/h10-12,15H,3-9H2,1-2H3. The summed E-state index contributed by atoms with van der Waals surface area (Å²) in [6, 6.07) is -0.344. The van der Waals surface area contributed by atoms with Crippen molar-refractivity contribution in [2.45, 2.75) is 63.6 Å². The van der Waals surface area contributed by atoms with E-state index in [4.69, 9.17) is 0 Å². The Morgan fingerprint density at radius 1 is 1.30 bits per heavy atom. The van der Waals surface area contributed by atoms with Gasteiger partial charge in [0, 0.05) is 34.9 Å². The number of carbonyl (C=O) groups is 2. The number of nitrogens with one attached hydrogen (secondary N) is 1. The highest BCUT2D eigenvalue weighted by molar-refractivity contribution is 7.84. The van der Waals surface area contributed by atoms with Gasteiger partial charge in [0.1, 0.15) is 0 Å². The second-order valence-corrected chi connectivity index (χ2v) is 7.44. The first-order valence-corrected chi connectivity index (χ1v) is 9.13. The summed E-state index contributed by atoms with van der Waals surface area (Å²) >= 11 is 0. The molecule has 3 unspecified atom stereocenters. The number of hydrogen-bond acceptors (Lipinski definition) is 4. The number of nitrogens with zero attached hydrogens (tertiary/aromatic N) is 1. The van der Waals surface area contributed by atoms with Crippen molar-refractivity contribution in [2.24, 2.45) is 0 Å². The number of imide groups is 1. The maximum Gasteiger partial charge on any atom is 0.247 e. The molecule has 0 bridgehead atoms. The van der Waals surface area contributed by atoms with E-state index in [0.717, 1.165) is 25.7 Å². The van der Waals surface area contributed by atoms with Gasteiger partial charge in [0.15, 0.2) is 0 Å². The van der Waals surface area contributed by atoms with Crippen molar-refractivity contribution < 1.29 is 13.8 Å². The quantitative estimate of drug-likeness (QED) is 0.763. The molecule has 2 rings (SSSR count). The highest BCUT2D eigenvalue weighted by Crippen LogP contribution is 2.27. The van der Waals surface area contributed by atoms with Crippen LogP contribution in [-0.4, -0.2) is 51.1 Å². The second kappa shape index (κ2) is 6.80. The third-order valence-corrected chi connectivity index (χ3v) is 5.06. The van der Waals surface area contributed by atoms with Crippen LogP contribution in [0.25, 0.3) is 0 Å². The largest absolute Gasteiger partial charge is 0.302 e. The minimum Gasteiger partial charge on any atom is -0.302 e. The summed E-state index contributed by atoms with van der Waals surface area (Å²) in [5, 5.41) is 3.15. The Kier molecular flexibility index (Phi) is 5.32. The molecule has 2 fully saturated rings. The number of hydrogen-bond donors (Lipinski definition) is 1. The van der Waals surface area contributed by atoms with Gasteiger partial charge in [-0.05, 0) is 19.8 Å². The fraction of sp³-hybridized carbons (Fsp3) is 0.857. The molecule has 5 nitrogen and oxygen atoms in total. The van der Waals surface area contributed by atoms with Crippen LogP contribution in [0.5, 0.6) is 0 Å². The molecule has 0 aromatic rings. The predicted molar refractivity (Wildman–Crippen MR) is 78.7 cm³/mol. The Morgan fingerprint density at radius 2 is 1.95 bits per heavy atom. The molecule has 6 heteroatoms. The van der Waals surface area contributed by atoms with Gasteiger partial charge in [0.2, 0.25) is 11.8 Å². The molecular formula is C14H24N2O3S. The van der Waals surface area contributed by atoms with Crippen LogP contribution in [0.3, 0.4) is 0 Å². The highest BCUT2D eigenvalue weighted by Gasteiger charge is 2.42. The Labute approximate surface area is 122 Å². The van der Waals surface area contributed by atoms with E-state index in [-0.39, 0.29) is 30.3 Å². The number of carbonyl (C=O) groups excluding carboxylic acids is 2. The molecule has 20 heavy (non-hydrogen) atoms. The topological polar surface area (TPSA) is 66.5 Å². The van der Waals surface area contributed by atoms with Crippen LogP contribution in [0.15, 0.2) is 0 Å². The molecule has 2 aliphatic rings. The lowest BCUT2D eigenvalue weighted by Crippen LogP contribution is -2.47. The lowest BCUT2D eigenvalue weighted by atomic mass is 9.94. The van der Waals surface area contributed by atoms with E-state index in [0.29, 0.717) is 5.75 Å². The summed E-state index contributed by atoms with van der Waals surface area (Å²) in [6.07, 6.45) is 7.19. The Bertz CT molecular complexity index is 407. The molecule has 1 aliphatic heterocycles. The lowest BCUT2D eigenvalue weighted by molar-refractivity contribution is -0.142. The predicted octanol–water partition coefficient (Wildman–Crippen LogP) is 0.803. The van der Waals surface area contributed by atoms with Gasteiger partial charge in [-0.2, -0.15) is 0 Å². The van der Waals surface area contributed by atoms with E-state index in [2.05, 4.69) is 5.32 Å². The van der Waals surface area contributed by atoms with Crippen LogP contribution < -0.4 is 5.32 Å². The van der Waals surface area contributed by atoms with E-state index in [9.17, 15) is 13.8 Å². The van der Waals surface area contributed by atoms with Crippen molar-refractivity contribution in [3.8, 4) is 0 Å². The molecule has 1 heterocycles. The zero-order valence-corrected chi connectivity index (χ0v) is 13.1. The smallest absolute Gasteiger partial charge is 0.247 e. The average molecular weight is 300 g/mol. The van der Waals surface area contributed by atoms with Crippen molar-refractivity contribution in [2.75, 3.05) is 12.0 Å². The van der Waals surface area contributed by atoms with Gasteiger partial charge in [-0.25, -0.2) is 0 Å². The first kappa shape index (κ1) is 15.6. The van der Waals surface area contributed by atoms with Crippen LogP contribution in [0.4, 0.5) is 0 Å². The summed E-state index contributed by atoms with van der Waals surface area (Å²) in [6.45, 7) is 1.91. The highest BCUT2D eigenvalue weighted by atomic mass is 32.2. The molecule has 1 saturated heterocycles. The zero-order chi connectivity index (χ0) is 14.7. The first-order valence-electron chi connectivity index (χ1n) is 7.41. The van der Waals surface area contributed by atoms with Crippen LogP contribution in [0, 0.1) is 0 Å². The van der Waals surface area contributed by atoms with Gasteiger partial charge in [-0.1, -0.05) is 19.3 Å². The molecular weight excluding hydrogens is 276 g/mol. The normalized spacial score (nSPS) is 27.9. The van der Waals surface area contributed by atoms with Crippen LogP contribution >= 0.6 is 0 Å². The van der Waals surface area contributed by atoms with E-state index in [1.165, 1.54) is 11.3 Å². The van der Waals surface area contributed by atoms with Crippen molar-refractivity contribution in [1.82, 2.24) is 10.2 Å². The monoisotopic (exact) mass is 300 g/mol. The molecule has 0 aromatic heterocycles. The fourth-order valence-electron chi connectivity index (χ4n) is 3.25. The summed E-state index contributed by atoms with van der Waals surface area (Å²) in [5.74, 6) is 0.362. The summed E-state index contributed by atoms with van der Waals surface area (Å²) in [7, 11) is -0.901. The SMILES string of the molecule is CC(CS(C)=O)NC1CC(=O)N(C2CCCCC2)C1=O. The second-order valence-electron chi connectivity index (χ2n) is 5.96. The van der Waals surface area contributed by atoms with E-state index >= 15 is 0 Å². The third-order valence-electron chi connectivity index (χ3n) is 4.09. The minimum atomic E-state index is -0.901. The van der Waals surface area contributed by atoms with Gasteiger partial charge in [-0.15, -0.1) is 0 Å². The maximum absolute atomic E-state index is 12.4. The third kappa shape index (κ3) is 3.67. The van der Waals surface area contributed by atoms with Crippen molar-refractivity contribution in [1.29, 1.82) is 0 Å². The minimum absolute atomic E-state index is 0.0195. The molecule has 2 amide bonds. The molecule has 1 saturated carbocycles. The van der Waals surface area contributed by atoms with Crippen molar-refractivity contribution in [3.05, 3.63) is 0 Å². The Balaban J connectivity index is 1.95. The Hall–Kier alpha value is -0.750. The molecule has 0 aromatic carbocycles. The molecule has 1 N–H and O–H groups in total. The number of rotatable bonds is 5. The van der Waals surface area contributed by atoms with Crippen LogP contribution in [0.1, 0.15) is 45.4 Å². The van der Waals surface area contributed by atoms with Crippen molar-refractivity contribution >= 4 is 22.6 Å². The van der Waals surface area contributed by atoms with Crippen LogP contribution in [-0.2, 0) is 20.4 Å². The maximum atomic E-state index is 12.4. The van der Waals surface area contributed by atoms with Crippen molar-refractivity contribution in [3.63, 3.8) is 0 Å². The summed E-state index contributed by atoms with van der Waals surface area (Å²) in [5.41, 5.74) is 0. The van der Waals surface area contributed by atoms with Gasteiger partial charge in [0.25, 0.3) is 0 Å². The Morgan fingerprint density at radius 3 is 2.55 bits per heavy atom. The average Bonchev–Trinajstić information content (AvgIpc) is 2.64. The van der Waals surface area contributed by atoms with E-state index < -0.39 is 16.8 Å². The molecule has 1 aliphatic carbocycles. The van der Waals surface area contributed by atoms with E-state index in [1.807, 2.05) is 6.92 Å². The molecule has 3 atom stereocenters. The van der Waals surface area contributed by atoms with Crippen LogP contribution in [0.2, 0.25) is 0 Å².